The number of furan rings is 1. The Hall–Kier alpha value is -2.93. The minimum absolute atomic E-state index is 0.101. The van der Waals surface area contributed by atoms with E-state index < -0.39 is 18.5 Å². The lowest BCUT2D eigenvalue weighted by atomic mass is 10.1. The van der Waals surface area contributed by atoms with E-state index in [1.807, 2.05) is 36.6 Å². The number of esters is 1. The summed E-state index contributed by atoms with van der Waals surface area (Å²) in [7, 11) is 0. The van der Waals surface area contributed by atoms with E-state index in [0.29, 0.717) is 10.7 Å². The maximum Gasteiger partial charge on any atom is 0.375 e. The number of carbonyl (C=O) groups excluding carboxylic acids is 2. The lowest BCUT2D eigenvalue weighted by molar-refractivity contribution is -0.119. The number of carbonyl (C=O) groups is 2. The fraction of sp³-hybridized carbons (Fsp3) is 0.167. The van der Waals surface area contributed by atoms with Gasteiger partial charge in [-0.2, -0.15) is 0 Å². The molecule has 0 radical (unpaired) electrons. The number of hydrogen-bond acceptors (Lipinski definition) is 6. The van der Waals surface area contributed by atoms with Crippen LogP contribution in [-0.4, -0.2) is 23.5 Å². The summed E-state index contributed by atoms with van der Waals surface area (Å²) in [6, 6.07) is 9.61. The first-order valence-corrected chi connectivity index (χ1v) is 8.44. The molecule has 0 spiro atoms. The van der Waals surface area contributed by atoms with Gasteiger partial charge in [-0.3, -0.25) is 10.1 Å². The van der Waals surface area contributed by atoms with Crippen LogP contribution < -0.4 is 5.32 Å². The van der Waals surface area contributed by atoms with Crippen LogP contribution in [0.2, 0.25) is 0 Å². The van der Waals surface area contributed by atoms with E-state index in [0.717, 1.165) is 11.3 Å². The number of amides is 1. The Morgan fingerprint density at radius 2 is 1.96 bits per heavy atom. The third kappa shape index (κ3) is 4.13. The van der Waals surface area contributed by atoms with Gasteiger partial charge in [-0.25, -0.2) is 9.78 Å². The Morgan fingerprint density at radius 1 is 1.20 bits per heavy atom. The zero-order chi connectivity index (χ0) is 17.8. The van der Waals surface area contributed by atoms with Crippen LogP contribution in [0, 0.1) is 13.8 Å². The fourth-order valence-corrected chi connectivity index (χ4v) is 2.86. The van der Waals surface area contributed by atoms with E-state index in [1.165, 1.54) is 23.2 Å². The summed E-state index contributed by atoms with van der Waals surface area (Å²) in [6.45, 7) is 3.34. The molecule has 128 valence electrons. The van der Waals surface area contributed by atoms with Crippen molar-refractivity contribution < 1.29 is 18.7 Å². The highest BCUT2D eigenvalue weighted by Gasteiger charge is 2.16. The standard InChI is InChI=1S/C18H16N2O4S/c1-11-3-5-13(6-4-11)14-10-25-18(19-14)20-15(21)9-24-17(22)16-12(2)7-8-23-16/h3-8,10H,9H2,1-2H3,(H,19,20,21). The van der Waals surface area contributed by atoms with Crippen molar-refractivity contribution >= 4 is 28.3 Å². The SMILES string of the molecule is Cc1ccc(-c2csc(NC(=O)COC(=O)c3occc3C)n2)cc1. The number of thiazole rings is 1. The van der Waals surface area contributed by atoms with Gasteiger partial charge in [0, 0.05) is 16.5 Å². The van der Waals surface area contributed by atoms with Crippen molar-refractivity contribution in [2.75, 3.05) is 11.9 Å². The number of nitrogens with one attached hydrogen (secondary N) is 1. The molecule has 0 fully saturated rings. The van der Waals surface area contributed by atoms with Crippen LogP contribution in [0.15, 0.2) is 46.4 Å². The first-order valence-electron chi connectivity index (χ1n) is 7.56. The molecule has 0 bridgehead atoms. The summed E-state index contributed by atoms with van der Waals surface area (Å²) in [5, 5.41) is 4.93. The second-order valence-corrected chi connectivity index (χ2v) is 6.32. The third-order valence-corrected chi connectivity index (χ3v) is 4.24. The van der Waals surface area contributed by atoms with Crippen molar-refractivity contribution in [2.45, 2.75) is 13.8 Å². The van der Waals surface area contributed by atoms with Crippen molar-refractivity contribution in [1.82, 2.24) is 4.98 Å². The van der Waals surface area contributed by atoms with E-state index in [1.54, 1.807) is 13.0 Å². The Balaban J connectivity index is 1.56. The normalized spacial score (nSPS) is 10.5. The zero-order valence-corrected chi connectivity index (χ0v) is 14.6. The molecule has 1 aromatic carbocycles. The Labute approximate surface area is 148 Å². The average Bonchev–Trinajstić information content (AvgIpc) is 3.22. The highest BCUT2D eigenvalue weighted by atomic mass is 32.1. The second-order valence-electron chi connectivity index (χ2n) is 5.46. The molecule has 2 heterocycles. The maximum absolute atomic E-state index is 11.9. The predicted octanol–water partition coefficient (Wildman–Crippen LogP) is 3.82. The topological polar surface area (TPSA) is 81.4 Å². The van der Waals surface area contributed by atoms with Crippen molar-refractivity contribution in [1.29, 1.82) is 0 Å². The van der Waals surface area contributed by atoms with Crippen LogP contribution in [0.25, 0.3) is 11.3 Å². The third-order valence-electron chi connectivity index (χ3n) is 3.48. The molecule has 7 heteroatoms. The lowest BCUT2D eigenvalue weighted by Gasteiger charge is -2.03. The van der Waals surface area contributed by atoms with Gasteiger partial charge in [0.1, 0.15) is 0 Å². The zero-order valence-electron chi connectivity index (χ0n) is 13.7. The smallest absolute Gasteiger partial charge is 0.375 e. The summed E-state index contributed by atoms with van der Waals surface area (Å²) in [4.78, 5) is 28.1. The van der Waals surface area contributed by atoms with Crippen molar-refractivity contribution in [3.8, 4) is 11.3 Å². The van der Waals surface area contributed by atoms with Crippen LogP contribution >= 0.6 is 11.3 Å². The summed E-state index contributed by atoms with van der Waals surface area (Å²) < 4.78 is 9.96. The van der Waals surface area contributed by atoms with Crippen molar-refractivity contribution in [3.05, 3.63) is 58.9 Å². The number of aromatic nitrogens is 1. The summed E-state index contributed by atoms with van der Waals surface area (Å²) in [5.41, 5.74) is 3.58. The summed E-state index contributed by atoms with van der Waals surface area (Å²) in [6.07, 6.45) is 1.40. The minimum Gasteiger partial charge on any atom is -0.457 e. The van der Waals surface area contributed by atoms with Gasteiger partial charge >= 0.3 is 5.97 Å². The molecule has 2 aromatic heterocycles. The summed E-state index contributed by atoms with van der Waals surface area (Å²) >= 11 is 1.31. The van der Waals surface area contributed by atoms with E-state index >= 15 is 0 Å². The molecule has 3 aromatic rings. The molecule has 0 aliphatic heterocycles. The first-order chi connectivity index (χ1) is 12.0. The molecule has 3 rings (SSSR count). The molecule has 1 amide bonds. The number of anilines is 1. The van der Waals surface area contributed by atoms with E-state index in [2.05, 4.69) is 10.3 Å². The molecule has 0 aliphatic carbocycles. The van der Waals surface area contributed by atoms with E-state index in [-0.39, 0.29) is 5.76 Å². The lowest BCUT2D eigenvalue weighted by Crippen LogP contribution is -2.20. The highest BCUT2D eigenvalue weighted by Crippen LogP contribution is 2.25. The van der Waals surface area contributed by atoms with Gasteiger partial charge in [-0.1, -0.05) is 29.8 Å². The molecular formula is C18H16N2O4S. The number of aryl methyl sites for hydroxylation is 2. The molecule has 0 aliphatic rings. The van der Waals surface area contributed by atoms with Crippen molar-refractivity contribution in [3.63, 3.8) is 0 Å². The Kier molecular flexibility index (Phi) is 4.95. The molecule has 0 saturated carbocycles. The molecule has 0 unspecified atom stereocenters. The number of benzene rings is 1. The van der Waals surface area contributed by atoms with Crippen LogP contribution in [0.5, 0.6) is 0 Å². The van der Waals surface area contributed by atoms with Crippen molar-refractivity contribution in [2.24, 2.45) is 0 Å². The predicted molar refractivity (Wildman–Crippen MR) is 94.6 cm³/mol. The molecule has 0 atom stereocenters. The first kappa shape index (κ1) is 16.9. The van der Waals surface area contributed by atoms with E-state index in [9.17, 15) is 9.59 Å². The fourth-order valence-electron chi connectivity index (χ4n) is 2.12. The van der Waals surface area contributed by atoms with Gasteiger partial charge in [0.05, 0.1) is 12.0 Å². The van der Waals surface area contributed by atoms with Crippen LogP contribution in [0.4, 0.5) is 5.13 Å². The van der Waals surface area contributed by atoms with E-state index in [4.69, 9.17) is 9.15 Å². The van der Waals surface area contributed by atoms with Gasteiger partial charge in [-0.05, 0) is 19.9 Å². The molecule has 0 saturated heterocycles. The Morgan fingerprint density at radius 3 is 2.64 bits per heavy atom. The van der Waals surface area contributed by atoms with Gasteiger partial charge in [0.15, 0.2) is 11.7 Å². The number of ether oxygens (including phenoxy) is 1. The molecule has 6 nitrogen and oxygen atoms in total. The van der Waals surface area contributed by atoms with Crippen LogP contribution in [0.1, 0.15) is 21.7 Å². The molecule has 1 N–H and O–H groups in total. The largest absolute Gasteiger partial charge is 0.457 e. The highest BCUT2D eigenvalue weighted by molar-refractivity contribution is 7.14. The quantitative estimate of drug-likeness (QED) is 0.703. The van der Waals surface area contributed by atoms with Gasteiger partial charge in [0.2, 0.25) is 5.76 Å². The minimum atomic E-state index is -0.669. The number of nitrogens with zero attached hydrogens (tertiary/aromatic N) is 1. The Bertz CT molecular complexity index is 896. The van der Waals surface area contributed by atoms with Crippen LogP contribution in [0.3, 0.4) is 0 Å². The molecule has 25 heavy (non-hydrogen) atoms. The van der Waals surface area contributed by atoms with Gasteiger partial charge in [-0.15, -0.1) is 11.3 Å². The number of rotatable bonds is 5. The average molecular weight is 356 g/mol. The summed E-state index contributed by atoms with van der Waals surface area (Å²) in [5.74, 6) is -1.02. The maximum atomic E-state index is 11.9. The van der Waals surface area contributed by atoms with Gasteiger partial charge in [0.25, 0.3) is 5.91 Å². The second kappa shape index (κ2) is 7.31. The number of hydrogen-bond donors (Lipinski definition) is 1. The monoisotopic (exact) mass is 356 g/mol. The van der Waals surface area contributed by atoms with Crippen LogP contribution in [-0.2, 0) is 9.53 Å². The van der Waals surface area contributed by atoms with Gasteiger partial charge < -0.3 is 9.15 Å². The molecular weight excluding hydrogens is 340 g/mol.